The summed E-state index contributed by atoms with van der Waals surface area (Å²) >= 11 is 0. The van der Waals surface area contributed by atoms with Crippen molar-refractivity contribution in [1.29, 1.82) is 0 Å². The number of rotatable bonds is 1. The number of amides is 1. The second kappa shape index (κ2) is 4.45. The van der Waals surface area contributed by atoms with Gasteiger partial charge in [0.05, 0.1) is 6.04 Å². The fraction of sp³-hybridized carbons (Fsp3) is 0.417. The number of likely N-dealkylation sites (tertiary alicyclic amines) is 1. The zero-order chi connectivity index (χ0) is 10.7. The Labute approximate surface area is 89.9 Å². The Hall–Kier alpha value is -1.35. The number of hydrogen-bond acceptors (Lipinski definition) is 1. The Morgan fingerprint density at radius 1 is 1.20 bits per heavy atom. The molecule has 1 amide bonds. The third-order valence-electron chi connectivity index (χ3n) is 2.92. The number of carbonyl (C=O) groups is 1. The van der Waals surface area contributed by atoms with Crippen LogP contribution in [0.15, 0.2) is 30.3 Å². The summed E-state index contributed by atoms with van der Waals surface area (Å²) in [7, 11) is 0. The first kappa shape index (κ1) is 10.2. The molecule has 1 aromatic rings. The lowest BCUT2D eigenvalue weighted by Gasteiger charge is -2.28. The number of hydrogen-bond donors (Lipinski definition) is 1. The van der Waals surface area contributed by atoms with Gasteiger partial charge in [0.2, 0.25) is 0 Å². The molecule has 1 aliphatic heterocycles. The standard InChI is InChI=1S/C12H16N2O/c13-11-6-8-14(9-7-11)12(15)10-4-2-1-3-5-10/h1-5,11H,6-9,13H2/p+1. The van der Waals surface area contributed by atoms with Crippen LogP contribution >= 0.6 is 0 Å². The summed E-state index contributed by atoms with van der Waals surface area (Å²) in [6.45, 7) is 1.70. The first-order valence-corrected chi connectivity index (χ1v) is 5.45. The average molecular weight is 205 g/mol. The van der Waals surface area contributed by atoms with Crippen LogP contribution in [0.3, 0.4) is 0 Å². The predicted octanol–water partition coefficient (Wildman–Crippen LogP) is 0.533. The lowest BCUT2D eigenvalue weighted by Crippen LogP contribution is -2.64. The number of nitrogens with zero attached hydrogens (tertiary/aromatic N) is 1. The van der Waals surface area contributed by atoms with E-state index >= 15 is 0 Å². The van der Waals surface area contributed by atoms with Crippen molar-refractivity contribution in [2.24, 2.45) is 0 Å². The zero-order valence-electron chi connectivity index (χ0n) is 8.86. The minimum absolute atomic E-state index is 0.155. The van der Waals surface area contributed by atoms with E-state index in [1.54, 1.807) is 0 Å². The molecule has 3 nitrogen and oxygen atoms in total. The third kappa shape index (κ3) is 2.36. The third-order valence-corrected chi connectivity index (χ3v) is 2.92. The van der Waals surface area contributed by atoms with Crippen LogP contribution in [-0.2, 0) is 0 Å². The van der Waals surface area contributed by atoms with Crippen LogP contribution in [0.25, 0.3) is 0 Å². The maximum Gasteiger partial charge on any atom is 0.253 e. The normalized spacial score (nSPS) is 17.8. The van der Waals surface area contributed by atoms with E-state index in [0.717, 1.165) is 31.5 Å². The Morgan fingerprint density at radius 3 is 2.40 bits per heavy atom. The lowest BCUT2D eigenvalue weighted by molar-refractivity contribution is -0.425. The van der Waals surface area contributed by atoms with E-state index in [9.17, 15) is 4.79 Å². The summed E-state index contributed by atoms with van der Waals surface area (Å²) in [6.07, 6.45) is 2.05. The molecule has 3 heteroatoms. The van der Waals surface area contributed by atoms with Crippen LogP contribution in [0.2, 0.25) is 0 Å². The summed E-state index contributed by atoms with van der Waals surface area (Å²) in [5.41, 5.74) is 4.82. The summed E-state index contributed by atoms with van der Waals surface area (Å²) in [4.78, 5) is 13.9. The molecule has 80 valence electrons. The van der Waals surface area contributed by atoms with Gasteiger partial charge in [-0.2, -0.15) is 0 Å². The highest BCUT2D eigenvalue weighted by Crippen LogP contribution is 2.11. The van der Waals surface area contributed by atoms with Crippen molar-refractivity contribution < 1.29 is 10.5 Å². The van der Waals surface area contributed by atoms with Gasteiger partial charge in [0.15, 0.2) is 0 Å². The molecular formula is C12H17N2O+. The van der Waals surface area contributed by atoms with Crippen molar-refractivity contribution in [1.82, 2.24) is 4.90 Å². The Morgan fingerprint density at radius 2 is 1.80 bits per heavy atom. The molecule has 0 atom stereocenters. The fourth-order valence-electron chi connectivity index (χ4n) is 1.90. The molecule has 15 heavy (non-hydrogen) atoms. The molecule has 1 aromatic carbocycles. The van der Waals surface area contributed by atoms with Crippen molar-refractivity contribution in [2.75, 3.05) is 13.1 Å². The molecule has 0 aliphatic carbocycles. The van der Waals surface area contributed by atoms with Crippen molar-refractivity contribution in [3.63, 3.8) is 0 Å². The molecule has 2 rings (SSSR count). The number of carbonyl (C=O) groups excluding carboxylic acids is 1. The number of piperidine rings is 1. The van der Waals surface area contributed by atoms with Gasteiger partial charge in [-0.15, -0.1) is 0 Å². The molecule has 1 heterocycles. The quantitative estimate of drug-likeness (QED) is 0.714. The molecule has 3 N–H and O–H groups in total. The van der Waals surface area contributed by atoms with Crippen LogP contribution in [0.1, 0.15) is 23.2 Å². The summed E-state index contributed by atoms with van der Waals surface area (Å²) in [5.74, 6) is 0.155. The molecular weight excluding hydrogens is 188 g/mol. The molecule has 1 aliphatic rings. The summed E-state index contributed by atoms with van der Waals surface area (Å²) < 4.78 is 0. The molecule has 0 bridgehead atoms. The summed E-state index contributed by atoms with van der Waals surface area (Å²) in [6, 6.07) is 10.0. The highest BCUT2D eigenvalue weighted by molar-refractivity contribution is 5.94. The monoisotopic (exact) mass is 205 g/mol. The van der Waals surface area contributed by atoms with Crippen LogP contribution in [0.5, 0.6) is 0 Å². The molecule has 0 saturated carbocycles. The molecule has 0 radical (unpaired) electrons. The SMILES string of the molecule is [NH3+]C1CCN(C(=O)c2ccccc2)CC1. The number of benzene rings is 1. The van der Waals surface area contributed by atoms with E-state index in [0.29, 0.717) is 6.04 Å². The van der Waals surface area contributed by atoms with Gasteiger partial charge < -0.3 is 10.6 Å². The number of quaternary nitrogens is 1. The molecule has 0 spiro atoms. The average Bonchev–Trinajstić information content (AvgIpc) is 2.30. The van der Waals surface area contributed by atoms with Gasteiger partial charge in [0.25, 0.3) is 5.91 Å². The maximum atomic E-state index is 12.0. The van der Waals surface area contributed by atoms with Gasteiger partial charge in [0.1, 0.15) is 0 Å². The van der Waals surface area contributed by atoms with Crippen molar-refractivity contribution in [2.45, 2.75) is 18.9 Å². The van der Waals surface area contributed by atoms with Gasteiger partial charge in [-0.25, -0.2) is 0 Å². The van der Waals surface area contributed by atoms with Gasteiger partial charge >= 0.3 is 0 Å². The Balaban J connectivity index is 2.03. The van der Waals surface area contributed by atoms with E-state index in [1.807, 2.05) is 35.2 Å². The first-order chi connectivity index (χ1) is 7.27. The van der Waals surface area contributed by atoms with Crippen molar-refractivity contribution in [3.05, 3.63) is 35.9 Å². The molecule has 0 aromatic heterocycles. The van der Waals surface area contributed by atoms with E-state index in [4.69, 9.17) is 0 Å². The van der Waals surface area contributed by atoms with E-state index in [2.05, 4.69) is 5.73 Å². The zero-order valence-corrected chi connectivity index (χ0v) is 8.86. The lowest BCUT2D eigenvalue weighted by atomic mass is 10.1. The van der Waals surface area contributed by atoms with E-state index < -0.39 is 0 Å². The van der Waals surface area contributed by atoms with Gasteiger partial charge in [-0.1, -0.05) is 18.2 Å². The summed E-state index contributed by atoms with van der Waals surface area (Å²) in [5, 5.41) is 0. The maximum absolute atomic E-state index is 12.0. The van der Waals surface area contributed by atoms with Crippen LogP contribution in [0.4, 0.5) is 0 Å². The minimum Gasteiger partial charge on any atom is -0.355 e. The van der Waals surface area contributed by atoms with E-state index in [-0.39, 0.29) is 5.91 Å². The van der Waals surface area contributed by atoms with Crippen LogP contribution < -0.4 is 5.73 Å². The molecule has 1 fully saturated rings. The second-order valence-corrected chi connectivity index (χ2v) is 4.10. The predicted molar refractivity (Wildman–Crippen MR) is 58.3 cm³/mol. The van der Waals surface area contributed by atoms with E-state index in [1.165, 1.54) is 0 Å². The van der Waals surface area contributed by atoms with Gasteiger partial charge in [-0.05, 0) is 12.1 Å². The van der Waals surface area contributed by atoms with Gasteiger partial charge in [0, 0.05) is 31.5 Å². The smallest absolute Gasteiger partial charge is 0.253 e. The first-order valence-electron chi connectivity index (χ1n) is 5.45. The largest absolute Gasteiger partial charge is 0.355 e. The minimum atomic E-state index is 0.155. The Kier molecular flexibility index (Phi) is 3.02. The van der Waals surface area contributed by atoms with Gasteiger partial charge in [-0.3, -0.25) is 4.79 Å². The van der Waals surface area contributed by atoms with Crippen molar-refractivity contribution >= 4 is 5.91 Å². The second-order valence-electron chi connectivity index (χ2n) is 4.10. The van der Waals surface area contributed by atoms with Crippen LogP contribution in [-0.4, -0.2) is 29.9 Å². The van der Waals surface area contributed by atoms with Crippen molar-refractivity contribution in [3.8, 4) is 0 Å². The molecule has 1 saturated heterocycles. The fourth-order valence-corrected chi connectivity index (χ4v) is 1.90. The highest BCUT2D eigenvalue weighted by atomic mass is 16.2. The molecule has 0 unspecified atom stereocenters. The topological polar surface area (TPSA) is 48.0 Å². The van der Waals surface area contributed by atoms with Crippen LogP contribution in [0, 0.1) is 0 Å². The Bertz CT molecular complexity index is 329. The highest BCUT2D eigenvalue weighted by Gasteiger charge is 2.22.